The summed E-state index contributed by atoms with van der Waals surface area (Å²) in [5.41, 5.74) is 0. The minimum absolute atomic E-state index is 0.00602. The molecule has 0 spiro atoms. The third-order valence-electron chi connectivity index (χ3n) is 2.14. The van der Waals surface area contributed by atoms with Crippen molar-refractivity contribution < 1.29 is 9.53 Å². The molecule has 70 valence electrons. The summed E-state index contributed by atoms with van der Waals surface area (Å²) < 4.78 is 5.12. The Morgan fingerprint density at radius 1 is 1.58 bits per heavy atom. The molecule has 1 aliphatic heterocycles. The lowest BCUT2D eigenvalue weighted by molar-refractivity contribution is -0.152. The Labute approximate surface area is 73.7 Å². The Bertz CT molecular complexity index is 168. The van der Waals surface area contributed by atoms with E-state index in [1.165, 1.54) is 0 Å². The zero-order valence-corrected chi connectivity index (χ0v) is 8.04. The zero-order chi connectivity index (χ0) is 9.14. The Balaban J connectivity index is 2.41. The SMILES string of the molecule is CC(C)OC(=O)[C@@H]1CCCN1C. The van der Waals surface area contributed by atoms with Crippen molar-refractivity contribution in [2.45, 2.75) is 38.8 Å². The lowest BCUT2D eigenvalue weighted by Gasteiger charge is -2.19. The summed E-state index contributed by atoms with van der Waals surface area (Å²) in [5.74, 6) is -0.0648. The van der Waals surface area contributed by atoms with Gasteiger partial charge in [-0.1, -0.05) is 0 Å². The largest absolute Gasteiger partial charge is 0.462 e. The maximum Gasteiger partial charge on any atom is 0.323 e. The van der Waals surface area contributed by atoms with Crippen LogP contribution in [-0.2, 0) is 9.53 Å². The molecule has 1 fully saturated rings. The minimum Gasteiger partial charge on any atom is -0.462 e. The van der Waals surface area contributed by atoms with Crippen LogP contribution in [0.1, 0.15) is 26.7 Å². The predicted molar refractivity (Wildman–Crippen MR) is 46.9 cm³/mol. The van der Waals surface area contributed by atoms with Gasteiger partial charge in [0.1, 0.15) is 6.04 Å². The highest BCUT2D eigenvalue weighted by atomic mass is 16.5. The number of hydrogen-bond donors (Lipinski definition) is 0. The van der Waals surface area contributed by atoms with Crippen LogP contribution in [0.3, 0.4) is 0 Å². The quantitative estimate of drug-likeness (QED) is 0.581. The van der Waals surface area contributed by atoms with Crippen LogP contribution in [0.5, 0.6) is 0 Å². The molecule has 12 heavy (non-hydrogen) atoms. The molecule has 0 N–H and O–H groups in total. The average molecular weight is 171 g/mol. The molecule has 3 nitrogen and oxygen atoms in total. The standard InChI is InChI=1S/C9H17NO2/c1-7(2)12-9(11)8-5-4-6-10(8)3/h7-8H,4-6H2,1-3H3/t8-/m0/s1. The van der Waals surface area contributed by atoms with Gasteiger partial charge in [0.15, 0.2) is 0 Å². The molecule has 0 amide bonds. The third-order valence-corrected chi connectivity index (χ3v) is 2.14. The molecule has 0 unspecified atom stereocenters. The van der Waals surface area contributed by atoms with Gasteiger partial charge >= 0.3 is 5.97 Å². The number of carbonyl (C=O) groups is 1. The van der Waals surface area contributed by atoms with Gasteiger partial charge in [-0.15, -0.1) is 0 Å². The molecule has 0 aromatic carbocycles. The van der Waals surface area contributed by atoms with Gasteiger partial charge in [-0.3, -0.25) is 9.69 Å². The first kappa shape index (κ1) is 9.52. The maximum atomic E-state index is 11.4. The van der Waals surface area contributed by atoms with E-state index >= 15 is 0 Å². The van der Waals surface area contributed by atoms with Crippen molar-refractivity contribution in [2.75, 3.05) is 13.6 Å². The number of nitrogens with zero attached hydrogens (tertiary/aromatic N) is 1. The van der Waals surface area contributed by atoms with E-state index in [9.17, 15) is 4.79 Å². The number of likely N-dealkylation sites (tertiary alicyclic amines) is 1. The maximum absolute atomic E-state index is 11.4. The monoisotopic (exact) mass is 171 g/mol. The fourth-order valence-electron chi connectivity index (χ4n) is 1.52. The van der Waals surface area contributed by atoms with Gasteiger partial charge in [0, 0.05) is 0 Å². The predicted octanol–water partition coefficient (Wildman–Crippen LogP) is 1.03. The molecular weight excluding hydrogens is 154 g/mol. The van der Waals surface area contributed by atoms with Crippen LogP contribution in [0.25, 0.3) is 0 Å². The van der Waals surface area contributed by atoms with Gasteiger partial charge in [0.05, 0.1) is 6.10 Å². The van der Waals surface area contributed by atoms with Gasteiger partial charge in [-0.05, 0) is 40.3 Å². The topological polar surface area (TPSA) is 29.5 Å². The normalized spacial score (nSPS) is 24.8. The molecular formula is C9H17NO2. The van der Waals surface area contributed by atoms with Crippen LogP contribution < -0.4 is 0 Å². The van der Waals surface area contributed by atoms with E-state index in [0.29, 0.717) is 0 Å². The summed E-state index contributed by atoms with van der Waals surface area (Å²) in [5, 5.41) is 0. The van der Waals surface area contributed by atoms with Gasteiger partial charge in [-0.2, -0.15) is 0 Å². The van der Waals surface area contributed by atoms with Crippen molar-refractivity contribution in [1.82, 2.24) is 4.90 Å². The number of carbonyl (C=O) groups excluding carboxylic acids is 1. The van der Waals surface area contributed by atoms with Crippen molar-refractivity contribution in [3.8, 4) is 0 Å². The minimum atomic E-state index is -0.0648. The molecule has 1 aliphatic rings. The molecule has 1 atom stereocenters. The third kappa shape index (κ3) is 2.21. The summed E-state index contributed by atoms with van der Waals surface area (Å²) in [7, 11) is 1.97. The van der Waals surface area contributed by atoms with Crippen LogP contribution in [0, 0.1) is 0 Å². The lowest BCUT2D eigenvalue weighted by Crippen LogP contribution is -2.35. The molecule has 1 saturated heterocycles. The molecule has 0 aliphatic carbocycles. The summed E-state index contributed by atoms with van der Waals surface area (Å²) in [6.07, 6.45) is 2.06. The van der Waals surface area contributed by atoms with Crippen LogP contribution in [0.15, 0.2) is 0 Å². The Morgan fingerprint density at radius 2 is 2.25 bits per heavy atom. The summed E-state index contributed by atoms with van der Waals surface area (Å²) in [4.78, 5) is 13.5. The number of ether oxygens (including phenoxy) is 1. The number of likely N-dealkylation sites (N-methyl/N-ethyl adjacent to an activating group) is 1. The summed E-state index contributed by atoms with van der Waals surface area (Å²) in [6.45, 7) is 4.78. The molecule has 3 heteroatoms. The fraction of sp³-hybridized carbons (Fsp3) is 0.889. The molecule has 0 radical (unpaired) electrons. The van der Waals surface area contributed by atoms with Crippen LogP contribution in [0.4, 0.5) is 0 Å². The molecule has 0 aromatic heterocycles. The van der Waals surface area contributed by atoms with Crippen LogP contribution >= 0.6 is 0 Å². The van der Waals surface area contributed by atoms with Crippen molar-refractivity contribution in [1.29, 1.82) is 0 Å². The molecule has 0 aromatic rings. The number of hydrogen-bond acceptors (Lipinski definition) is 3. The highest BCUT2D eigenvalue weighted by molar-refractivity contribution is 5.76. The van der Waals surface area contributed by atoms with Crippen LogP contribution in [0.2, 0.25) is 0 Å². The van der Waals surface area contributed by atoms with E-state index < -0.39 is 0 Å². The Kier molecular flexibility index (Phi) is 3.09. The van der Waals surface area contributed by atoms with E-state index in [2.05, 4.69) is 4.90 Å². The second kappa shape index (κ2) is 3.90. The first-order valence-corrected chi connectivity index (χ1v) is 4.52. The highest BCUT2D eigenvalue weighted by Gasteiger charge is 2.29. The average Bonchev–Trinajstić information content (AvgIpc) is 2.33. The smallest absolute Gasteiger partial charge is 0.323 e. The Morgan fingerprint density at radius 3 is 2.67 bits per heavy atom. The second-order valence-corrected chi connectivity index (χ2v) is 3.62. The molecule has 1 rings (SSSR count). The highest BCUT2D eigenvalue weighted by Crippen LogP contribution is 2.16. The van der Waals surface area contributed by atoms with E-state index in [1.807, 2.05) is 20.9 Å². The van der Waals surface area contributed by atoms with E-state index in [4.69, 9.17) is 4.74 Å². The first-order valence-electron chi connectivity index (χ1n) is 4.52. The van der Waals surface area contributed by atoms with Gasteiger partial charge < -0.3 is 4.74 Å². The number of esters is 1. The lowest BCUT2D eigenvalue weighted by atomic mass is 10.2. The van der Waals surface area contributed by atoms with E-state index in [-0.39, 0.29) is 18.1 Å². The van der Waals surface area contributed by atoms with Gasteiger partial charge in [0.2, 0.25) is 0 Å². The van der Waals surface area contributed by atoms with Crippen molar-refractivity contribution in [3.63, 3.8) is 0 Å². The Hall–Kier alpha value is -0.570. The van der Waals surface area contributed by atoms with Crippen molar-refractivity contribution >= 4 is 5.97 Å². The van der Waals surface area contributed by atoms with Gasteiger partial charge in [0.25, 0.3) is 0 Å². The molecule has 0 saturated carbocycles. The first-order chi connectivity index (χ1) is 5.61. The van der Waals surface area contributed by atoms with Crippen LogP contribution in [-0.4, -0.2) is 36.6 Å². The summed E-state index contributed by atoms with van der Waals surface area (Å²) >= 11 is 0. The van der Waals surface area contributed by atoms with Crippen molar-refractivity contribution in [3.05, 3.63) is 0 Å². The zero-order valence-electron chi connectivity index (χ0n) is 8.04. The molecule has 0 bridgehead atoms. The number of rotatable bonds is 2. The van der Waals surface area contributed by atoms with Gasteiger partial charge in [-0.25, -0.2) is 0 Å². The van der Waals surface area contributed by atoms with Crippen molar-refractivity contribution in [2.24, 2.45) is 0 Å². The second-order valence-electron chi connectivity index (χ2n) is 3.62. The summed E-state index contributed by atoms with van der Waals surface area (Å²) in [6, 6.07) is 0.00685. The van der Waals surface area contributed by atoms with E-state index in [0.717, 1.165) is 19.4 Å². The van der Waals surface area contributed by atoms with E-state index in [1.54, 1.807) is 0 Å². The molecule has 1 heterocycles. The fourth-order valence-corrected chi connectivity index (χ4v) is 1.52.